The van der Waals surface area contributed by atoms with E-state index >= 15 is 0 Å². The van der Waals surface area contributed by atoms with Crippen LogP contribution in [0.4, 0.5) is 11.5 Å². The summed E-state index contributed by atoms with van der Waals surface area (Å²) >= 11 is 0. The highest BCUT2D eigenvalue weighted by Crippen LogP contribution is 2.26. The van der Waals surface area contributed by atoms with Crippen LogP contribution in [0.1, 0.15) is 36.8 Å². The van der Waals surface area contributed by atoms with Crippen molar-refractivity contribution in [1.82, 2.24) is 29.8 Å². The van der Waals surface area contributed by atoms with Gasteiger partial charge in [0.2, 0.25) is 5.65 Å². The van der Waals surface area contributed by atoms with Crippen LogP contribution in [0.2, 0.25) is 0 Å². The summed E-state index contributed by atoms with van der Waals surface area (Å²) in [5, 5.41) is 12.9. The summed E-state index contributed by atoms with van der Waals surface area (Å²) in [6.45, 7) is 11.9. The van der Waals surface area contributed by atoms with Crippen molar-refractivity contribution in [2.45, 2.75) is 33.6 Å². The molecule has 4 rings (SSSR count). The van der Waals surface area contributed by atoms with Gasteiger partial charge in [0, 0.05) is 32.4 Å². The summed E-state index contributed by atoms with van der Waals surface area (Å²) in [5.74, 6) is 1.35. The number of piperazine rings is 1. The van der Waals surface area contributed by atoms with Gasteiger partial charge in [0.1, 0.15) is 12.1 Å². The Hall–Kier alpha value is -2.77. The lowest BCUT2D eigenvalue weighted by molar-refractivity contribution is 0.640. The van der Waals surface area contributed by atoms with Gasteiger partial charge in [0.15, 0.2) is 0 Å². The van der Waals surface area contributed by atoms with E-state index in [4.69, 9.17) is 0 Å². The number of aromatic nitrogens is 6. The van der Waals surface area contributed by atoms with Gasteiger partial charge in [-0.25, -0.2) is 4.98 Å². The minimum atomic E-state index is 0.354. The van der Waals surface area contributed by atoms with E-state index in [1.54, 1.807) is 10.8 Å². The zero-order valence-corrected chi connectivity index (χ0v) is 15.7. The van der Waals surface area contributed by atoms with Gasteiger partial charge in [-0.3, -0.25) is 4.98 Å². The Balaban J connectivity index is 1.59. The molecule has 0 saturated carbocycles. The number of aryl methyl sites for hydroxylation is 2. The molecule has 0 amide bonds. The highest BCUT2D eigenvalue weighted by Gasteiger charge is 2.23. The maximum absolute atomic E-state index is 4.68. The van der Waals surface area contributed by atoms with Crippen LogP contribution in [0.25, 0.3) is 5.65 Å². The van der Waals surface area contributed by atoms with Crippen molar-refractivity contribution in [2.75, 3.05) is 36.0 Å². The lowest BCUT2D eigenvalue weighted by Gasteiger charge is -2.37. The van der Waals surface area contributed by atoms with Gasteiger partial charge in [-0.15, -0.1) is 10.2 Å². The topological polar surface area (TPSA) is 75.3 Å². The minimum Gasteiger partial charge on any atom is -0.365 e. The lowest BCUT2D eigenvalue weighted by Crippen LogP contribution is -2.47. The normalized spacial score (nSPS) is 15.3. The van der Waals surface area contributed by atoms with E-state index in [9.17, 15) is 0 Å². The van der Waals surface area contributed by atoms with Crippen molar-refractivity contribution < 1.29 is 0 Å². The summed E-state index contributed by atoms with van der Waals surface area (Å²) in [5.41, 5.74) is 4.90. The second-order valence-electron chi connectivity index (χ2n) is 7.10. The maximum Gasteiger partial charge on any atom is 0.200 e. The Morgan fingerprint density at radius 3 is 2.50 bits per heavy atom. The van der Waals surface area contributed by atoms with Crippen molar-refractivity contribution in [1.29, 1.82) is 0 Å². The fourth-order valence-electron chi connectivity index (χ4n) is 3.33. The second kappa shape index (κ2) is 6.51. The fraction of sp³-hybridized carbons (Fsp3) is 0.500. The van der Waals surface area contributed by atoms with Crippen LogP contribution in [-0.4, -0.2) is 56.0 Å². The first-order valence-electron chi connectivity index (χ1n) is 9.04. The standard InChI is InChI=1S/C18H24N8/c1-12(2)15-9-16(18-22-20-11-26(18)23-15)24-5-7-25(8-6-24)17-14(4)19-10-13(3)21-17/h9-12H,5-8H2,1-4H3. The van der Waals surface area contributed by atoms with Crippen molar-refractivity contribution in [2.24, 2.45) is 0 Å². The van der Waals surface area contributed by atoms with Gasteiger partial charge >= 0.3 is 0 Å². The number of hydrogen-bond donors (Lipinski definition) is 0. The number of nitrogens with zero attached hydrogens (tertiary/aromatic N) is 8. The summed E-state index contributed by atoms with van der Waals surface area (Å²) in [4.78, 5) is 13.8. The van der Waals surface area contributed by atoms with E-state index in [1.165, 1.54) is 0 Å². The van der Waals surface area contributed by atoms with Gasteiger partial charge in [0.25, 0.3) is 0 Å². The van der Waals surface area contributed by atoms with Crippen LogP contribution < -0.4 is 9.80 Å². The highest BCUT2D eigenvalue weighted by atomic mass is 15.4. The Morgan fingerprint density at radius 1 is 1.04 bits per heavy atom. The zero-order valence-electron chi connectivity index (χ0n) is 15.7. The predicted molar refractivity (Wildman–Crippen MR) is 101 cm³/mol. The van der Waals surface area contributed by atoms with E-state index in [2.05, 4.69) is 55.0 Å². The lowest BCUT2D eigenvalue weighted by atomic mass is 10.1. The molecule has 8 nitrogen and oxygen atoms in total. The Labute approximate surface area is 152 Å². The Bertz CT molecular complexity index is 924. The smallest absolute Gasteiger partial charge is 0.200 e. The molecular weight excluding hydrogens is 328 g/mol. The molecule has 1 saturated heterocycles. The molecule has 26 heavy (non-hydrogen) atoms. The first-order chi connectivity index (χ1) is 12.5. The Kier molecular flexibility index (Phi) is 4.18. The van der Waals surface area contributed by atoms with Gasteiger partial charge in [-0.2, -0.15) is 9.61 Å². The van der Waals surface area contributed by atoms with Gasteiger partial charge in [-0.05, 0) is 25.8 Å². The van der Waals surface area contributed by atoms with Crippen LogP contribution in [0.3, 0.4) is 0 Å². The third-order valence-electron chi connectivity index (χ3n) is 4.83. The average Bonchev–Trinajstić information content (AvgIpc) is 3.12. The summed E-state index contributed by atoms with van der Waals surface area (Å²) in [7, 11) is 0. The molecular formula is C18H24N8. The molecule has 0 aliphatic carbocycles. The molecule has 1 aliphatic rings. The van der Waals surface area contributed by atoms with E-state index in [0.717, 1.165) is 60.4 Å². The third-order valence-corrected chi connectivity index (χ3v) is 4.83. The van der Waals surface area contributed by atoms with Crippen LogP contribution in [0, 0.1) is 13.8 Å². The van der Waals surface area contributed by atoms with Gasteiger partial charge in [0.05, 0.1) is 22.8 Å². The maximum atomic E-state index is 4.68. The number of anilines is 2. The highest BCUT2D eigenvalue weighted by molar-refractivity contribution is 5.69. The first kappa shape index (κ1) is 16.7. The molecule has 0 radical (unpaired) electrons. The second-order valence-corrected chi connectivity index (χ2v) is 7.10. The molecule has 0 aromatic carbocycles. The molecule has 0 atom stereocenters. The molecule has 1 fully saturated rings. The summed E-state index contributed by atoms with van der Waals surface area (Å²) in [6.07, 6.45) is 3.49. The molecule has 0 spiro atoms. The monoisotopic (exact) mass is 352 g/mol. The first-order valence-corrected chi connectivity index (χ1v) is 9.04. The van der Waals surface area contributed by atoms with Crippen LogP contribution in [-0.2, 0) is 0 Å². The molecule has 8 heteroatoms. The van der Waals surface area contributed by atoms with Crippen molar-refractivity contribution >= 4 is 17.2 Å². The molecule has 3 aromatic rings. The number of hydrogen-bond acceptors (Lipinski definition) is 7. The van der Waals surface area contributed by atoms with Crippen LogP contribution >= 0.6 is 0 Å². The van der Waals surface area contributed by atoms with E-state index in [1.807, 2.05) is 20.0 Å². The van der Waals surface area contributed by atoms with Crippen molar-refractivity contribution in [3.8, 4) is 0 Å². The SMILES string of the molecule is Cc1cnc(C)c(N2CCN(c3cc(C(C)C)nn4cnnc34)CC2)n1. The quantitative estimate of drug-likeness (QED) is 0.713. The Morgan fingerprint density at radius 2 is 1.77 bits per heavy atom. The molecule has 0 N–H and O–H groups in total. The predicted octanol–water partition coefficient (Wildman–Crippen LogP) is 1.98. The number of rotatable bonds is 3. The van der Waals surface area contributed by atoms with Gasteiger partial charge < -0.3 is 9.80 Å². The van der Waals surface area contributed by atoms with Gasteiger partial charge in [-0.1, -0.05) is 13.8 Å². The molecule has 1 aliphatic heterocycles. The van der Waals surface area contributed by atoms with Crippen LogP contribution in [0.5, 0.6) is 0 Å². The van der Waals surface area contributed by atoms with Crippen molar-refractivity contribution in [3.63, 3.8) is 0 Å². The largest absolute Gasteiger partial charge is 0.365 e. The number of fused-ring (bicyclic) bond motifs is 1. The average molecular weight is 352 g/mol. The third kappa shape index (κ3) is 2.95. The van der Waals surface area contributed by atoms with Crippen molar-refractivity contribution in [3.05, 3.63) is 35.7 Å². The molecule has 3 aromatic heterocycles. The molecule has 4 heterocycles. The zero-order chi connectivity index (χ0) is 18.3. The van der Waals surface area contributed by atoms with E-state index in [0.29, 0.717) is 5.92 Å². The minimum absolute atomic E-state index is 0.354. The summed E-state index contributed by atoms with van der Waals surface area (Å²) < 4.78 is 1.78. The van der Waals surface area contributed by atoms with E-state index < -0.39 is 0 Å². The van der Waals surface area contributed by atoms with E-state index in [-0.39, 0.29) is 0 Å². The molecule has 136 valence electrons. The van der Waals surface area contributed by atoms with Crippen LogP contribution in [0.15, 0.2) is 18.6 Å². The molecule has 0 unspecified atom stereocenters. The fourth-order valence-corrected chi connectivity index (χ4v) is 3.33. The molecule has 0 bridgehead atoms. The summed E-state index contributed by atoms with van der Waals surface area (Å²) in [6, 6.07) is 2.15.